The van der Waals surface area contributed by atoms with E-state index in [1.54, 1.807) is 24.3 Å². The molecule has 0 unspecified atom stereocenters. The third-order valence-corrected chi connectivity index (χ3v) is 7.87. The Balaban J connectivity index is 2.06. The van der Waals surface area contributed by atoms with Crippen LogP contribution in [-0.4, -0.2) is 57.1 Å². The van der Waals surface area contributed by atoms with Gasteiger partial charge in [0.2, 0.25) is 21.8 Å². The lowest BCUT2D eigenvalue weighted by Gasteiger charge is -2.34. The number of nitrogens with one attached hydrogen (secondary N) is 1. The summed E-state index contributed by atoms with van der Waals surface area (Å²) in [4.78, 5) is 29.3. The summed E-state index contributed by atoms with van der Waals surface area (Å²) in [6, 6.07) is 22.8. The van der Waals surface area contributed by atoms with Gasteiger partial charge in [0.05, 0.1) is 19.1 Å². The average molecular weight is 566 g/mol. The van der Waals surface area contributed by atoms with E-state index in [1.165, 1.54) is 12.0 Å². The maximum absolute atomic E-state index is 14.1. The fraction of sp³-hybridized carbons (Fsp3) is 0.355. The summed E-state index contributed by atoms with van der Waals surface area (Å²) in [5.74, 6) is -0.313. The van der Waals surface area contributed by atoms with Crippen LogP contribution in [0.1, 0.15) is 37.0 Å². The number of carbonyl (C=O) groups is 2. The second-order valence-electron chi connectivity index (χ2n) is 10.0. The number of hydrogen-bond acceptors (Lipinski definition) is 5. The van der Waals surface area contributed by atoms with Gasteiger partial charge >= 0.3 is 0 Å². The van der Waals surface area contributed by atoms with Gasteiger partial charge in [0, 0.05) is 25.1 Å². The zero-order valence-corrected chi connectivity index (χ0v) is 24.6. The number of methoxy groups -OCH3 is 1. The number of aryl methyl sites for hydroxylation is 1. The molecule has 0 aliphatic rings. The minimum Gasteiger partial charge on any atom is -0.497 e. The zero-order chi connectivity index (χ0) is 29.3. The van der Waals surface area contributed by atoms with E-state index in [0.717, 1.165) is 33.7 Å². The van der Waals surface area contributed by atoms with Gasteiger partial charge in [-0.3, -0.25) is 13.9 Å². The monoisotopic (exact) mass is 565 g/mol. The molecule has 0 heterocycles. The normalized spacial score (nSPS) is 12.7. The molecule has 8 nitrogen and oxygen atoms in total. The molecule has 0 aromatic heterocycles. The molecule has 3 aromatic carbocycles. The fourth-order valence-corrected chi connectivity index (χ4v) is 5.22. The van der Waals surface area contributed by atoms with Gasteiger partial charge in [-0.15, -0.1) is 0 Å². The molecular formula is C31H39N3O5S. The van der Waals surface area contributed by atoms with Crippen molar-refractivity contribution in [3.63, 3.8) is 0 Å². The highest BCUT2D eigenvalue weighted by Crippen LogP contribution is 2.24. The van der Waals surface area contributed by atoms with E-state index < -0.39 is 28.5 Å². The van der Waals surface area contributed by atoms with E-state index in [-0.39, 0.29) is 24.9 Å². The molecule has 0 saturated carbocycles. The van der Waals surface area contributed by atoms with E-state index in [4.69, 9.17) is 4.74 Å². The van der Waals surface area contributed by atoms with Crippen LogP contribution in [0.2, 0.25) is 0 Å². The molecule has 9 heteroatoms. The van der Waals surface area contributed by atoms with Crippen molar-refractivity contribution >= 4 is 27.5 Å². The van der Waals surface area contributed by atoms with Gasteiger partial charge in [0.25, 0.3) is 0 Å². The average Bonchev–Trinajstić information content (AvgIpc) is 2.93. The Labute approximate surface area is 238 Å². The Bertz CT molecular complexity index is 1390. The Kier molecular flexibility index (Phi) is 10.7. The van der Waals surface area contributed by atoms with Gasteiger partial charge in [0.15, 0.2) is 0 Å². The van der Waals surface area contributed by atoms with Crippen LogP contribution >= 0.6 is 0 Å². The van der Waals surface area contributed by atoms with Crippen molar-refractivity contribution in [1.82, 2.24) is 10.2 Å². The predicted octanol–water partition coefficient (Wildman–Crippen LogP) is 4.32. The van der Waals surface area contributed by atoms with Crippen molar-refractivity contribution in [2.45, 2.75) is 52.2 Å². The summed E-state index contributed by atoms with van der Waals surface area (Å²) in [6.45, 7) is 5.52. The molecule has 40 heavy (non-hydrogen) atoms. The highest BCUT2D eigenvalue weighted by Gasteiger charge is 2.33. The number of anilines is 1. The number of rotatable bonds is 13. The summed E-state index contributed by atoms with van der Waals surface area (Å²) in [6.07, 6.45) is 2.06. The van der Waals surface area contributed by atoms with Gasteiger partial charge in [-0.2, -0.15) is 0 Å². The first-order valence-electron chi connectivity index (χ1n) is 13.3. The predicted molar refractivity (Wildman–Crippen MR) is 159 cm³/mol. The number of carbonyl (C=O) groups excluding carboxylic acids is 2. The molecule has 2 atom stereocenters. The largest absolute Gasteiger partial charge is 0.497 e. The molecule has 0 fully saturated rings. The minimum atomic E-state index is -3.85. The van der Waals surface area contributed by atoms with Crippen LogP contribution in [0.5, 0.6) is 5.75 Å². The second-order valence-corrected chi connectivity index (χ2v) is 11.9. The molecular weight excluding hydrogens is 526 g/mol. The standard InChI is InChI=1S/C31H39N3O5S/c1-6-24(3)32-31(36)29(19-25-13-8-7-9-14-25)33(21-26-15-10-12-23(2)18-26)30(35)22-34(40(5,37)38)27-16-11-17-28(20-27)39-4/h7-18,20,24,29H,6,19,21-22H2,1-5H3,(H,32,36)/t24-,29+/m0/s1. The molecule has 0 radical (unpaired) electrons. The molecule has 3 aromatic rings. The Morgan fingerprint density at radius 3 is 2.25 bits per heavy atom. The fourth-order valence-electron chi connectivity index (χ4n) is 4.38. The Hall–Kier alpha value is -3.85. The van der Waals surface area contributed by atoms with Gasteiger partial charge in [0.1, 0.15) is 18.3 Å². The van der Waals surface area contributed by atoms with Gasteiger partial charge in [-0.1, -0.05) is 73.2 Å². The molecule has 1 N–H and O–H groups in total. The summed E-state index contributed by atoms with van der Waals surface area (Å²) < 4.78 is 32.1. The first kappa shape index (κ1) is 30.7. The maximum Gasteiger partial charge on any atom is 0.244 e. The smallest absolute Gasteiger partial charge is 0.244 e. The lowest BCUT2D eigenvalue weighted by molar-refractivity contribution is -0.140. The van der Waals surface area contributed by atoms with Crippen LogP contribution in [-0.2, 0) is 32.6 Å². The second kappa shape index (κ2) is 14.0. The topological polar surface area (TPSA) is 96.0 Å². The zero-order valence-electron chi connectivity index (χ0n) is 23.8. The molecule has 2 amide bonds. The third-order valence-electron chi connectivity index (χ3n) is 6.73. The van der Waals surface area contributed by atoms with E-state index in [2.05, 4.69) is 5.32 Å². The number of benzene rings is 3. The van der Waals surface area contributed by atoms with Crippen LogP contribution in [0.4, 0.5) is 5.69 Å². The van der Waals surface area contributed by atoms with Crippen molar-refractivity contribution in [3.05, 3.63) is 95.6 Å². The Morgan fingerprint density at radius 2 is 1.62 bits per heavy atom. The summed E-state index contributed by atoms with van der Waals surface area (Å²) in [5, 5.41) is 3.03. The maximum atomic E-state index is 14.1. The Morgan fingerprint density at radius 1 is 0.950 bits per heavy atom. The molecule has 0 aliphatic heterocycles. The number of amides is 2. The van der Waals surface area contributed by atoms with Crippen LogP contribution in [0.15, 0.2) is 78.9 Å². The SMILES string of the molecule is CC[C@H](C)NC(=O)[C@@H](Cc1ccccc1)N(Cc1cccc(C)c1)C(=O)CN(c1cccc(OC)c1)S(C)(=O)=O. The van der Waals surface area contributed by atoms with Gasteiger partial charge < -0.3 is 15.0 Å². The van der Waals surface area contributed by atoms with Gasteiger partial charge in [-0.05, 0) is 43.5 Å². The number of nitrogens with zero attached hydrogens (tertiary/aromatic N) is 2. The van der Waals surface area contributed by atoms with Crippen LogP contribution < -0.4 is 14.4 Å². The van der Waals surface area contributed by atoms with Crippen molar-refractivity contribution in [2.75, 3.05) is 24.2 Å². The summed E-state index contributed by atoms with van der Waals surface area (Å²) in [5.41, 5.74) is 3.05. The lowest BCUT2D eigenvalue weighted by atomic mass is 10.0. The van der Waals surface area contributed by atoms with E-state index >= 15 is 0 Å². The molecule has 0 bridgehead atoms. The van der Waals surface area contributed by atoms with E-state index in [1.807, 2.05) is 75.4 Å². The van der Waals surface area contributed by atoms with E-state index in [0.29, 0.717) is 11.4 Å². The van der Waals surface area contributed by atoms with Crippen LogP contribution in [0.25, 0.3) is 0 Å². The van der Waals surface area contributed by atoms with Crippen molar-refractivity contribution in [2.24, 2.45) is 0 Å². The quantitative estimate of drug-likeness (QED) is 0.333. The lowest BCUT2D eigenvalue weighted by Crippen LogP contribution is -2.54. The van der Waals surface area contributed by atoms with Gasteiger partial charge in [-0.25, -0.2) is 8.42 Å². The van der Waals surface area contributed by atoms with Crippen LogP contribution in [0.3, 0.4) is 0 Å². The highest BCUT2D eigenvalue weighted by atomic mass is 32.2. The van der Waals surface area contributed by atoms with E-state index in [9.17, 15) is 18.0 Å². The first-order valence-corrected chi connectivity index (χ1v) is 15.2. The number of sulfonamides is 1. The number of ether oxygens (including phenoxy) is 1. The molecule has 0 spiro atoms. The minimum absolute atomic E-state index is 0.0917. The molecule has 0 saturated heterocycles. The molecule has 214 valence electrons. The van der Waals surface area contributed by atoms with Crippen molar-refractivity contribution in [3.8, 4) is 5.75 Å². The number of hydrogen-bond donors (Lipinski definition) is 1. The molecule has 0 aliphatic carbocycles. The highest BCUT2D eigenvalue weighted by molar-refractivity contribution is 7.92. The molecule has 3 rings (SSSR count). The van der Waals surface area contributed by atoms with Crippen molar-refractivity contribution in [1.29, 1.82) is 0 Å². The van der Waals surface area contributed by atoms with Crippen molar-refractivity contribution < 1.29 is 22.7 Å². The first-order chi connectivity index (χ1) is 19.0. The summed E-state index contributed by atoms with van der Waals surface area (Å²) in [7, 11) is -2.36. The van der Waals surface area contributed by atoms with Crippen LogP contribution in [0, 0.1) is 6.92 Å². The summed E-state index contributed by atoms with van der Waals surface area (Å²) >= 11 is 0. The third kappa shape index (κ3) is 8.58.